The molecule has 91 valence electrons. The van der Waals surface area contributed by atoms with Crippen LogP contribution in [0.5, 0.6) is 0 Å². The first-order chi connectivity index (χ1) is 6.01. The summed E-state index contributed by atoms with van der Waals surface area (Å²) in [6.07, 6.45) is 7.45. The van der Waals surface area contributed by atoms with E-state index in [9.17, 15) is 0 Å². The Morgan fingerprint density at radius 3 is 1.94 bits per heavy atom. The van der Waals surface area contributed by atoms with Gasteiger partial charge in [-0.1, -0.05) is 52.4 Å². The van der Waals surface area contributed by atoms with Crippen molar-refractivity contribution in [3.8, 4) is 0 Å². The van der Waals surface area contributed by atoms with Crippen molar-refractivity contribution in [2.24, 2.45) is 5.41 Å². The molecule has 0 nitrogen and oxygen atoms in total. The third kappa shape index (κ3) is 4.24. The molecule has 0 saturated carbocycles. The quantitative estimate of drug-likeness (QED) is 0.545. The number of rotatable bonds is 3. The molecule has 0 heterocycles. The Balaban J connectivity index is -0.000000563. The molecular weight excluding hydrogens is 285 g/mol. The van der Waals surface area contributed by atoms with E-state index in [-0.39, 0.29) is 41.0 Å². The van der Waals surface area contributed by atoms with Crippen LogP contribution in [0.3, 0.4) is 0 Å². The Morgan fingerprint density at radius 2 is 1.62 bits per heavy atom. The van der Waals surface area contributed by atoms with Crippen molar-refractivity contribution in [2.45, 2.75) is 53.9 Å². The molecule has 16 heavy (non-hydrogen) atoms. The predicted octanol–water partition coefficient (Wildman–Crippen LogP) is -1.71. The fourth-order valence-electron chi connectivity index (χ4n) is 2.08. The second kappa shape index (κ2) is 8.33. The molecule has 3 heteroatoms. The van der Waals surface area contributed by atoms with Gasteiger partial charge in [0, 0.05) is 0 Å². The van der Waals surface area contributed by atoms with Crippen molar-refractivity contribution >= 4 is 0 Å². The van der Waals surface area contributed by atoms with E-state index in [1.807, 2.05) is 0 Å². The number of halogens is 2. The predicted molar refractivity (Wildman–Crippen MR) is 58.4 cm³/mol. The summed E-state index contributed by atoms with van der Waals surface area (Å²) in [5.74, 6) is 0. The van der Waals surface area contributed by atoms with Crippen LogP contribution in [0.25, 0.3) is 0 Å². The van der Waals surface area contributed by atoms with Gasteiger partial charge in [0.25, 0.3) is 0 Å². The maximum Gasteiger partial charge on any atom is 3.00 e. The molecule has 1 aliphatic carbocycles. The summed E-state index contributed by atoms with van der Waals surface area (Å²) in [6, 6.07) is 0. The van der Waals surface area contributed by atoms with Gasteiger partial charge in [0.2, 0.25) is 0 Å². The van der Waals surface area contributed by atoms with E-state index in [0.29, 0.717) is 0 Å². The van der Waals surface area contributed by atoms with Crippen molar-refractivity contribution in [3.05, 3.63) is 22.8 Å². The van der Waals surface area contributed by atoms with E-state index in [1.165, 1.54) is 36.0 Å². The largest absolute Gasteiger partial charge is 3.00 e. The first-order valence-electron chi connectivity index (χ1n) is 5.31. The van der Waals surface area contributed by atoms with E-state index in [2.05, 4.69) is 40.7 Å². The van der Waals surface area contributed by atoms with Gasteiger partial charge in [-0.15, -0.1) is 6.92 Å². The zero-order valence-corrected chi connectivity index (χ0v) is 13.3. The van der Waals surface area contributed by atoms with E-state index in [1.54, 1.807) is 0 Å². The van der Waals surface area contributed by atoms with Crippen LogP contribution in [0.2, 0.25) is 0 Å². The Hall–Kier alpha value is 0.223. The van der Waals surface area contributed by atoms with Crippen molar-refractivity contribution in [1.29, 1.82) is 0 Å². The number of unbranched alkanes of at least 4 members (excludes halogenated alkanes) is 1. The molecule has 0 aromatic heterocycles. The minimum absolute atomic E-state index is 0. The van der Waals surface area contributed by atoms with Crippen molar-refractivity contribution in [2.75, 3.05) is 0 Å². The Labute approximate surface area is 117 Å². The van der Waals surface area contributed by atoms with Gasteiger partial charge in [-0.3, -0.25) is 6.08 Å². The molecule has 0 N–H and O–H groups in total. The molecule has 1 radical (unpaired) electrons. The summed E-state index contributed by atoms with van der Waals surface area (Å²) < 4.78 is 0. The van der Waals surface area contributed by atoms with Crippen LogP contribution < -0.4 is 9.41 Å². The fourth-order valence-corrected chi connectivity index (χ4v) is 2.08. The molecule has 0 spiro atoms. The normalized spacial score (nSPS) is 22.9. The average molecular weight is 307 g/mol. The van der Waals surface area contributed by atoms with Gasteiger partial charge >= 0.3 is 26.2 Å². The van der Waals surface area contributed by atoms with Gasteiger partial charge in [0.1, 0.15) is 0 Å². The summed E-state index contributed by atoms with van der Waals surface area (Å²) in [6.45, 7) is 11.2. The molecule has 0 aliphatic heterocycles. The van der Waals surface area contributed by atoms with Crippen LogP contribution in [0.4, 0.5) is 0 Å². The van der Waals surface area contributed by atoms with Crippen LogP contribution in [0, 0.1) is 11.5 Å². The Morgan fingerprint density at radius 1 is 1.12 bits per heavy atom. The third-order valence-electron chi connectivity index (χ3n) is 3.45. The minimum atomic E-state index is 0. The molecule has 0 amide bonds. The van der Waals surface area contributed by atoms with Crippen LogP contribution in [-0.2, 0) is 26.2 Å². The first-order valence-corrected chi connectivity index (χ1v) is 5.31. The van der Waals surface area contributed by atoms with Crippen molar-refractivity contribution < 1.29 is 35.6 Å². The maximum absolute atomic E-state index is 3.61. The number of hydrogen-bond donors (Lipinski definition) is 0. The number of allylic oxidation sites excluding steroid dienone is 4. The van der Waals surface area contributed by atoms with Gasteiger partial charge in [-0.2, -0.15) is 11.1 Å². The van der Waals surface area contributed by atoms with E-state index < -0.39 is 0 Å². The minimum Gasteiger partial charge on any atom is -1.00 e. The van der Waals surface area contributed by atoms with Crippen LogP contribution in [0.1, 0.15) is 53.9 Å². The molecule has 0 aromatic carbocycles. The summed E-state index contributed by atoms with van der Waals surface area (Å²) in [7, 11) is 0. The molecule has 0 fully saturated rings. The van der Waals surface area contributed by atoms with Gasteiger partial charge in [-0.25, -0.2) is 5.57 Å². The molecule has 1 unspecified atom stereocenters. The second-order valence-electron chi connectivity index (χ2n) is 4.44. The topological polar surface area (TPSA) is 0 Å². The Bertz CT molecular complexity index is 269. The van der Waals surface area contributed by atoms with E-state index in [0.717, 1.165) is 0 Å². The zero-order chi connectivity index (χ0) is 10.1. The summed E-state index contributed by atoms with van der Waals surface area (Å²) in [5, 5.41) is 0. The molecule has 1 rings (SSSR count). The maximum atomic E-state index is 3.61. The molecule has 1 aliphatic rings. The summed E-state index contributed by atoms with van der Waals surface area (Å²) in [5.41, 5.74) is 4.58. The van der Waals surface area contributed by atoms with Crippen molar-refractivity contribution in [3.63, 3.8) is 0 Å². The summed E-state index contributed by atoms with van der Waals surface area (Å²) >= 11 is 0. The van der Waals surface area contributed by atoms with Crippen LogP contribution >= 0.6 is 0 Å². The standard InChI is InChI=1S/C13H21.2FH.Zr/c1-6-7-8-13(5)9-10(2)11(3)12(13)4;;;/h6-8H2,1-5H3;2*1H;/q-1;;;+3/p-2. The third-order valence-corrected chi connectivity index (χ3v) is 3.45. The summed E-state index contributed by atoms with van der Waals surface area (Å²) in [4.78, 5) is 0. The molecule has 0 bridgehead atoms. The molecule has 0 aromatic rings. The van der Waals surface area contributed by atoms with Gasteiger partial charge in [0.05, 0.1) is 0 Å². The second-order valence-corrected chi connectivity index (χ2v) is 4.44. The van der Waals surface area contributed by atoms with E-state index >= 15 is 0 Å². The van der Waals surface area contributed by atoms with Gasteiger partial charge < -0.3 is 9.41 Å². The molecular formula is C13H21F2Zr. The zero-order valence-electron chi connectivity index (χ0n) is 10.9. The van der Waals surface area contributed by atoms with Gasteiger partial charge in [-0.05, 0) is 0 Å². The smallest absolute Gasteiger partial charge is 1.00 e. The molecule has 1 atom stereocenters. The Kier molecular flexibility index (Phi) is 11.2. The van der Waals surface area contributed by atoms with Crippen molar-refractivity contribution in [1.82, 2.24) is 0 Å². The molecule has 0 saturated heterocycles. The number of hydrogen-bond acceptors (Lipinski definition) is 0. The van der Waals surface area contributed by atoms with E-state index in [4.69, 9.17) is 0 Å². The first kappa shape index (κ1) is 21.5. The van der Waals surface area contributed by atoms with Gasteiger partial charge in [0.15, 0.2) is 0 Å². The average Bonchev–Trinajstić information content (AvgIpc) is 2.28. The SMILES string of the molecule is CCCCC1(C)[C-]=C(C)C(C)=C1C.[F-].[F-].[Zr+3]. The fraction of sp³-hybridized carbons (Fsp3) is 0.692. The van der Waals surface area contributed by atoms with Crippen LogP contribution in [0.15, 0.2) is 16.7 Å². The van der Waals surface area contributed by atoms with Crippen LogP contribution in [-0.4, -0.2) is 0 Å². The monoisotopic (exact) mass is 305 g/mol.